The Labute approximate surface area is 136 Å². The number of carbonyl (C=O) groups is 1. The van der Waals surface area contributed by atoms with E-state index < -0.39 is 39.9 Å². The summed E-state index contributed by atoms with van der Waals surface area (Å²) in [4.78, 5) is 11.6. The van der Waals surface area contributed by atoms with E-state index in [9.17, 15) is 22.5 Å². The van der Waals surface area contributed by atoms with Crippen molar-refractivity contribution in [2.45, 2.75) is 44.4 Å². The van der Waals surface area contributed by atoms with Crippen molar-refractivity contribution < 1.29 is 27.3 Å². The quantitative estimate of drug-likeness (QED) is 0.632. The molecule has 8 heteroatoms. The Morgan fingerprint density at radius 2 is 1.83 bits per heavy atom. The maximum Gasteiger partial charge on any atom is 0.379 e. The molecule has 1 N–H and O–H groups in total. The average Bonchev–Trinajstić information content (AvgIpc) is 2.44. The van der Waals surface area contributed by atoms with E-state index in [2.05, 4.69) is 9.46 Å². The van der Waals surface area contributed by atoms with E-state index in [-0.39, 0.29) is 12.2 Å². The van der Waals surface area contributed by atoms with Crippen molar-refractivity contribution in [3.8, 4) is 0 Å². The molecular weight excluding hydrogens is 331 g/mol. The first-order valence-electron chi connectivity index (χ1n) is 6.98. The standard InChI is InChI=1S/C15H20F3NO3S/c1-5-22-13(20)15(17,18)12(19-23(21)14(2,3)4)10-6-8-11(16)9-7-10/h6-9,12,19H,5H2,1-4H3/t12-,23?/m0/s1. The largest absolute Gasteiger partial charge is 0.598 e. The Bertz CT molecular complexity index is 532. The summed E-state index contributed by atoms with van der Waals surface area (Å²) in [5.74, 6) is -6.30. The van der Waals surface area contributed by atoms with E-state index in [1.165, 1.54) is 6.92 Å². The summed E-state index contributed by atoms with van der Waals surface area (Å²) >= 11 is -1.87. The Kier molecular flexibility index (Phi) is 6.49. The van der Waals surface area contributed by atoms with Gasteiger partial charge < -0.3 is 9.29 Å². The molecule has 0 aliphatic heterocycles. The van der Waals surface area contributed by atoms with Gasteiger partial charge in [0.15, 0.2) is 6.04 Å². The van der Waals surface area contributed by atoms with Gasteiger partial charge in [0.1, 0.15) is 10.6 Å². The second kappa shape index (κ2) is 7.55. The number of halogens is 3. The third-order valence-corrected chi connectivity index (χ3v) is 4.46. The third-order valence-electron chi connectivity index (χ3n) is 2.89. The minimum Gasteiger partial charge on any atom is -0.598 e. The van der Waals surface area contributed by atoms with Gasteiger partial charge in [-0.2, -0.15) is 8.78 Å². The molecule has 0 amide bonds. The summed E-state index contributed by atoms with van der Waals surface area (Å²) in [7, 11) is 0. The fraction of sp³-hybridized carbons (Fsp3) is 0.533. The fourth-order valence-corrected chi connectivity index (χ4v) is 2.49. The molecule has 1 unspecified atom stereocenters. The van der Waals surface area contributed by atoms with Crippen LogP contribution in [0.5, 0.6) is 0 Å². The molecule has 0 heterocycles. The zero-order valence-corrected chi connectivity index (χ0v) is 14.2. The molecule has 0 fully saturated rings. The van der Waals surface area contributed by atoms with Crippen LogP contribution in [-0.2, 0) is 20.9 Å². The maximum absolute atomic E-state index is 14.4. The van der Waals surface area contributed by atoms with Gasteiger partial charge in [0, 0.05) is 11.4 Å². The average molecular weight is 351 g/mol. The number of ether oxygens (including phenoxy) is 1. The first-order valence-corrected chi connectivity index (χ1v) is 8.13. The number of alkyl halides is 2. The fourth-order valence-electron chi connectivity index (χ4n) is 1.64. The Balaban J connectivity index is 3.20. The molecule has 1 rings (SSSR count). The van der Waals surface area contributed by atoms with E-state index in [1.54, 1.807) is 20.8 Å². The number of benzene rings is 1. The van der Waals surface area contributed by atoms with Crippen molar-refractivity contribution in [2.24, 2.45) is 0 Å². The van der Waals surface area contributed by atoms with Crippen LogP contribution in [0.15, 0.2) is 24.3 Å². The maximum atomic E-state index is 14.4. The first-order chi connectivity index (χ1) is 10.5. The number of hydrogen-bond acceptors (Lipinski definition) is 4. The van der Waals surface area contributed by atoms with Crippen molar-refractivity contribution in [1.82, 2.24) is 4.72 Å². The summed E-state index contributed by atoms with van der Waals surface area (Å²) < 4.78 is 59.9. The first kappa shape index (κ1) is 19.8. The summed E-state index contributed by atoms with van der Waals surface area (Å²) in [6, 6.07) is 2.30. The molecule has 4 nitrogen and oxygen atoms in total. The second-order valence-corrected chi connectivity index (χ2v) is 7.82. The summed E-state index contributed by atoms with van der Waals surface area (Å²) in [5.41, 5.74) is -0.0675. The van der Waals surface area contributed by atoms with Crippen LogP contribution in [0.25, 0.3) is 0 Å². The van der Waals surface area contributed by atoms with Gasteiger partial charge in [0.25, 0.3) is 0 Å². The lowest BCUT2D eigenvalue weighted by Crippen LogP contribution is -2.50. The van der Waals surface area contributed by atoms with E-state index in [4.69, 9.17) is 0 Å². The molecule has 0 radical (unpaired) electrons. The molecule has 0 spiro atoms. The Morgan fingerprint density at radius 1 is 1.30 bits per heavy atom. The third kappa shape index (κ3) is 5.12. The molecule has 2 atom stereocenters. The Morgan fingerprint density at radius 3 is 2.26 bits per heavy atom. The number of nitrogens with one attached hydrogen (secondary N) is 1. The normalized spacial score (nSPS) is 15.1. The molecule has 0 bridgehead atoms. The molecule has 130 valence electrons. The minimum atomic E-state index is -3.96. The molecule has 0 aliphatic carbocycles. The van der Waals surface area contributed by atoms with Crippen LogP contribution in [0.3, 0.4) is 0 Å². The van der Waals surface area contributed by atoms with Gasteiger partial charge in [-0.25, -0.2) is 9.18 Å². The minimum absolute atomic E-state index is 0.0675. The molecule has 1 aromatic carbocycles. The monoisotopic (exact) mass is 351 g/mol. The zero-order chi connectivity index (χ0) is 17.8. The van der Waals surface area contributed by atoms with Crippen molar-refractivity contribution in [3.63, 3.8) is 0 Å². The van der Waals surface area contributed by atoms with Gasteiger partial charge in [-0.3, -0.25) is 0 Å². The van der Waals surface area contributed by atoms with Crippen LogP contribution >= 0.6 is 0 Å². The van der Waals surface area contributed by atoms with Crippen molar-refractivity contribution in [1.29, 1.82) is 0 Å². The van der Waals surface area contributed by atoms with E-state index in [0.717, 1.165) is 24.3 Å². The molecular formula is C15H20F3NO3S. The number of esters is 1. The lowest BCUT2D eigenvalue weighted by molar-refractivity contribution is -0.175. The van der Waals surface area contributed by atoms with E-state index >= 15 is 0 Å². The SMILES string of the molecule is CCOC(=O)C(F)(F)[C@@H](N[S+]([O-])C(C)(C)C)c1ccc(F)cc1. The highest BCUT2D eigenvalue weighted by Gasteiger charge is 2.52. The van der Waals surface area contributed by atoms with Crippen molar-refractivity contribution >= 4 is 17.3 Å². The van der Waals surface area contributed by atoms with Crippen molar-refractivity contribution in [2.75, 3.05) is 6.61 Å². The van der Waals surface area contributed by atoms with E-state index in [1.807, 2.05) is 0 Å². The molecule has 23 heavy (non-hydrogen) atoms. The predicted molar refractivity (Wildman–Crippen MR) is 81.8 cm³/mol. The van der Waals surface area contributed by atoms with Gasteiger partial charge >= 0.3 is 11.9 Å². The van der Waals surface area contributed by atoms with Crippen LogP contribution in [0, 0.1) is 5.82 Å². The number of rotatable bonds is 6. The van der Waals surface area contributed by atoms with Gasteiger partial charge in [0.2, 0.25) is 0 Å². The molecule has 0 aromatic heterocycles. The van der Waals surface area contributed by atoms with Gasteiger partial charge in [-0.05, 0) is 45.4 Å². The highest BCUT2D eigenvalue weighted by atomic mass is 32.2. The van der Waals surface area contributed by atoms with Crippen LogP contribution in [0.4, 0.5) is 13.2 Å². The van der Waals surface area contributed by atoms with Crippen LogP contribution in [0.2, 0.25) is 0 Å². The lowest BCUT2D eigenvalue weighted by Gasteiger charge is -2.31. The van der Waals surface area contributed by atoms with E-state index in [0.29, 0.717) is 0 Å². The van der Waals surface area contributed by atoms with Crippen molar-refractivity contribution in [3.05, 3.63) is 35.6 Å². The Hall–Kier alpha value is -1.25. The second-order valence-electron chi connectivity index (χ2n) is 5.83. The van der Waals surface area contributed by atoms with Crippen LogP contribution in [-0.4, -0.2) is 27.8 Å². The molecule has 0 aliphatic rings. The molecule has 0 saturated heterocycles. The van der Waals surface area contributed by atoms with Crippen LogP contribution < -0.4 is 4.72 Å². The topological polar surface area (TPSA) is 61.4 Å². The lowest BCUT2D eigenvalue weighted by atomic mass is 10.0. The molecule has 0 saturated carbocycles. The number of carbonyl (C=O) groups excluding carboxylic acids is 1. The summed E-state index contributed by atoms with van der Waals surface area (Å²) in [5, 5.41) is 0. The predicted octanol–water partition coefficient (Wildman–Crippen LogP) is 3.12. The summed E-state index contributed by atoms with van der Waals surface area (Å²) in [6.45, 7) is 5.98. The highest BCUT2D eigenvalue weighted by Crippen LogP contribution is 2.34. The highest BCUT2D eigenvalue weighted by molar-refractivity contribution is 7.90. The van der Waals surface area contributed by atoms with Crippen LogP contribution in [0.1, 0.15) is 39.3 Å². The van der Waals surface area contributed by atoms with Gasteiger partial charge in [0.05, 0.1) is 6.61 Å². The smallest absolute Gasteiger partial charge is 0.379 e. The molecule has 1 aromatic rings. The number of hydrogen-bond donors (Lipinski definition) is 1. The zero-order valence-electron chi connectivity index (χ0n) is 13.4. The van der Waals surface area contributed by atoms with Gasteiger partial charge in [-0.1, -0.05) is 12.1 Å². The van der Waals surface area contributed by atoms with Gasteiger partial charge in [-0.15, -0.1) is 4.72 Å². The summed E-state index contributed by atoms with van der Waals surface area (Å²) in [6.07, 6.45) is 0.